The van der Waals surface area contributed by atoms with Crippen molar-refractivity contribution in [2.45, 2.75) is 13.0 Å². The Kier molecular flexibility index (Phi) is 4.17. The first-order valence-corrected chi connectivity index (χ1v) is 7.69. The lowest BCUT2D eigenvalue weighted by Gasteiger charge is -2.17. The number of nitrogens with one attached hydrogen (secondary N) is 2. The first kappa shape index (κ1) is 16.5. The number of nitrogens with zero attached hydrogens (tertiary/aromatic N) is 3. The fourth-order valence-corrected chi connectivity index (χ4v) is 2.79. The third-order valence-corrected chi connectivity index (χ3v) is 4.04. The molecule has 0 saturated carbocycles. The molecule has 1 aromatic carbocycles. The maximum absolute atomic E-state index is 12.3. The van der Waals surface area contributed by atoms with Gasteiger partial charge in [-0.05, 0) is 24.4 Å². The fraction of sp³-hybridized carbons (Fsp3) is 0.125. The van der Waals surface area contributed by atoms with Crippen molar-refractivity contribution in [3.63, 3.8) is 0 Å². The van der Waals surface area contributed by atoms with Gasteiger partial charge < -0.3 is 21.8 Å². The van der Waals surface area contributed by atoms with Crippen molar-refractivity contribution >= 4 is 40.0 Å². The zero-order valence-corrected chi connectivity index (χ0v) is 13.9. The number of rotatable bonds is 3. The van der Waals surface area contributed by atoms with Gasteiger partial charge in [-0.15, -0.1) is 0 Å². The van der Waals surface area contributed by atoms with Gasteiger partial charge in [-0.3, -0.25) is 4.79 Å². The van der Waals surface area contributed by atoms with E-state index >= 15 is 0 Å². The number of anilines is 3. The van der Waals surface area contributed by atoms with Crippen LogP contribution in [0, 0.1) is 11.3 Å². The first-order chi connectivity index (χ1) is 11.9. The van der Waals surface area contributed by atoms with E-state index in [1.54, 1.807) is 31.2 Å². The molecule has 1 unspecified atom stereocenters. The Morgan fingerprint density at radius 1 is 1.36 bits per heavy atom. The number of nitrogens with two attached hydrogens (primary N) is 2. The molecule has 126 valence electrons. The summed E-state index contributed by atoms with van der Waals surface area (Å²) in [6, 6.07) is 8.59. The summed E-state index contributed by atoms with van der Waals surface area (Å²) in [7, 11) is 0. The number of pyridine rings is 1. The molecule has 1 atom stereocenters. The van der Waals surface area contributed by atoms with Crippen LogP contribution in [0.15, 0.2) is 29.1 Å². The van der Waals surface area contributed by atoms with Gasteiger partial charge in [0.2, 0.25) is 5.95 Å². The normalized spacial score (nSPS) is 11.9. The largest absolute Gasteiger partial charge is 0.382 e. The summed E-state index contributed by atoms with van der Waals surface area (Å²) in [4.78, 5) is 22.9. The van der Waals surface area contributed by atoms with Crippen LogP contribution in [0.2, 0.25) is 5.02 Å². The predicted octanol–water partition coefficient (Wildman–Crippen LogP) is 2.18. The zero-order chi connectivity index (χ0) is 18.1. The molecule has 6 N–H and O–H groups in total. The van der Waals surface area contributed by atoms with Crippen LogP contribution in [0.1, 0.15) is 24.2 Å². The van der Waals surface area contributed by atoms with Gasteiger partial charge in [-0.25, -0.2) is 0 Å². The maximum atomic E-state index is 12.3. The van der Waals surface area contributed by atoms with Crippen LogP contribution in [0.4, 0.5) is 17.6 Å². The molecule has 0 amide bonds. The van der Waals surface area contributed by atoms with Crippen LogP contribution < -0.4 is 22.3 Å². The van der Waals surface area contributed by atoms with Gasteiger partial charge in [0.15, 0.2) is 5.82 Å². The Bertz CT molecular complexity index is 1070. The van der Waals surface area contributed by atoms with E-state index in [1.165, 1.54) is 0 Å². The minimum Gasteiger partial charge on any atom is -0.382 e. The number of halogens is 1. The Balaban J connectivity index is 2.03. The Labute approximate surface area is 147 Å². The third-order valence-electron chi connectivity index (χ3n) is 3.73. The maximum Gasteiger partial charge on any atom is 0.257 e. The number of nitriles is 1. The van der Waals surface area contributed by atoms with Crippen molar-refractivity contribution in [3.05, 3.63) is 50.9 Å². The molecule has 3 rings (SSSR count). The number of hydrogen-bond donors (Lipinski definition) is 4. The number of benzene rings is 1. The summed E-state index contributed by atoms with van der Waals surface area (Å²) in [5, 5.41) is 13.8. The van der Waals surface area contributed by atoms with Crippen LogP contribution >= 0.6 is 11.6 Å². The lowest BCUT2D eigenvalue weighted by atomic mass is 10.1. The average Bonchev–Trinajstić information content (AvgIpc) is 2.54. The molecule has 0 bridgehead atoms. The molecule has 9 heteroatoms. The first-order valence-electron chi connectivity index (χ1n) is 7.31. The summed E-state index contributed by atoms with van der Waals surface area (Å²) in [6.07, 6.45) is 0. The highest BCUT2D eigenvalue weighted by molar-refractivity contribution is 6.35. The molecular weight excluding hydrogens is 342 g/mol. The standard InChI is InChI=1S/C16H14ClN7O/c1-7(21-14-9(6-18)13(19)23-16(20)24-14)11-5-8-3-2-4-10(17)12(8)15(25)22-11/h2-5,7H,1H3,(H,22,25)(H5,19,20,21,23,24). The lowest BCUT2D eigenvalue weighted by molar-refractivity contribution is 0.828. The van der Waals surface area contributed by atoms with Gasteiger partial charge in [-0.2, -0.15) is 15.2 Å². The molecule has 25 heavy (non-hydrogen) atoms. The SMILES string of the molecule is CC(Nc1nc(N)nc(N)c1C#N)c1cc2cccc(Cl)c2c(=O)[nH]1. The van der Waals surface area contributed by atoms with E-state index in [2.05, 4.69) is 20.3 Å². The third kappa shape index (κ3) is 3.05. The van der Waals surface area contributed by atoms with Crippen molar-refractivity contribution < 1.29 is 0 Å². The number of aromatic amines is 1. The van der Waals surface area contributed by atoms with Crippen LogP contribution in [-0.4, -0.2) is 15.0 Å². The molecule has 0 radical (unpaired) electrons. The van der Waals surface area contributed by atoms with Crippen molar-refractivity contribution in [2.24, 2.45) is 0 Å². The zero-order valence-electron chi connectivity index (χ0n) is 13.2. The number of hydrogen-bond acceptors (Lipinski definition) is 7. The second kappa shape index (κ2) is 6.30. The molecule has 0 saturated heterocycles. The summed E-state index contributed by atoms with van der Waals surface area (Å²) >= 11 is 6.08. The summed E-state index contributed by atoms with van der Waals surface area (Å²) < 4.78 is 0. The van der Waals surface area contributed by atoms with Gasteiger partial charge in [-0.1, -0.05) is 23.7 Å². The van der Waals surface area contributed by atoms with E-state index in [1.807, 2.05) is 6.07 Å². The molecule has 0 aliphatic rings. The Hall–Kier alpha value is -3.31. The topological polar surface area (TPSA) is 146 Å². The van der Waals surface area contributed by atoms with Crippen molar-refractivity contribution in [1.82, 2.24) is 15.0 Å². The highest BCUT2D eigenvalue weighted by Crippen LogP contribution is 2.25. The van der Waals surface area contributed by atoms with E-state index < -0.39 is 0 Å². The van der Waals surface area contributed by atoms with Crippen LogP contribution in [-0.2, 0) is 0 Å². The van der Waals surface area contributed by atoms with Gasteiger partial charge >= 0.3 is 0 Å². The quantitative estimate of drug-likeness (QED) is 0.562. The average molecular weight is 356 g/mol. The van der Waals surface area contributed by atoms with E-state index in [0.717, 1.165) is 0 Å². The molecule has 2 aromatic heterocycles. The van der Waals surface area contributed by atoms with Crippen LogP contribution in [0.3, 0.4) is 0 Å². The van der Waals surface area contributed by atoms with Crippen molar-refractivity contribution in [3.8, 4) is 6.07 Å². The van der Waals surface area contributed by atoms with Crippen LogP contribution in [0.5, 0.6) is 0 Å². The van der Waals surface area contributed by atoms with Gasteiger partial charge in [0.1, 0.15) is 17.5 Å². The molecule has 3 aromatic rings. The predicted molar refractivity (Wildman–Crippen MR) is 97.2 cm³/mol. The Morgan fingerprint density at radius 3 is 2.84 bits per heavy atom. The summed E-state index contributed by atoms with van der Waals surface area (Å²) in [5.41, 5.74) is 11.7. The second-order valence-electron chi connectivity index (χ2n) is 5.43. The number of nitrogen functional groups attached to an aromatic ring is 2. The fourth-order valence-electron chi connectivity index (χ4n) is 2.52. The molecule has 0 fully saturated rings. The summed E-state index contributed by atoms with van der Waals surface area (Å²) in [5.74, 6) is 0.139. The van der Waals surface area contributed by atoms with Crippen molar-refractivity contribution in [1.29, 1.82) is 5.26 Å². The van der Waals surface area contributed by atoms with Crippen molar-refractivity contribution in [2.75, 3.05) is 16.8 Å². The molecule has 8 nitrogen and oxygen atoms in total. The molecule has 2 heterocycles. The number of fused-ring (bicyclic) bond motifs is 1. The van der Waals surface area contributed by atoms with E-state index in [4.69, 9.17) is 23.1 Å². The number of aromatic nitrogens is 3. The van der Waals surface area contributed by atoms with E-state index in [-0.39, 0.29) is 34.7 Å². The molecule has 0 spiro atoms. The molecule has 0 aliphatic carbocycles. The monoisotopic (exact) mass is 355 g/mol. The van der Waals surface area contributed by atoms with Gasteiger partial charge in [0.05, 0.1) is 16.5 Å². The van der Waals surface area contributed by atoms with Gasteiger partial charge in [0.25, 0.3) is 5.56 Å². The Morgan fingerprint density at radius 2 is 2.12 bits per heavy atom. The highest BCUT2D eigenvalue weighted by Gasteiger charge is 2.16. The van der Waals surface area contributed by atoms with E-state index in [0.29, 0.717) is 21.5 Å². The lowest BCUT2D eigenvalue weighted by Crippen LogP contribution is -2.17. The molecule has 0 aliphatic heterocycles. The number of H-pyrrole nitrogens is 1. The highest BCUT2D eigenvalue weighted by atomic mass is 35.5. The summed E-state index contributed by atoms with van der Waals surface area (Å²) in [6.45, 7) is 1.80. The van der Waals surface area contributed by atoms with Crippen LogP contribution in [0.25, 0.3) is 10.8 Å². The second-order valence-corrected chi connectivity index (χ2v) is 5.83. The molecular formula is C16H14ClN7O. The minimum absolute atomic E-state index is 0.0107. The minimum atomic E-state index is -0.378. The smallest absolute Gasteiger partial charge is 0.257 e. The van der Waals surface area contributed by atoms with E-state index in [9.17, 15) is 10.1 Å². The van der Waals surface area contributed by atoms with Gasteiger partial charge in [0, 0.05) is 5.69 Å².